The smallest absolute Gasteiger partial charge is 0.478 e. The number of nitrogens with zero attached hydrogens (tertiary/aromatic N) is 1. The maximum atomic E-state index is 11.0. The molecule has 2 heterocycles. The van der Waals surface area contributed by atoms with E-state index >= 15 is 0 Å². The van der Waals surface area contributed by atoms with Gasteiger partial charge in [-0.1, -0.05) is 12.1 Å². The Morgan fingerprint density at radius 2 is 1.86 bits per heavy atom. The maximum absolute atomic E-state index is 11.0. The number of carbonyl (C=O) groups is 1. The van der Waals surface area contributed by atoms with Crippen LogP contribution >= 0.6 is 0 Å². The van der Waals surface area contributed by atoms with Gasteiger partial charge in [-0.15, -0.1) is 0 Å². The molecule has 1 aromatic heterocycles. The van der Waals surface area contributed by atoms with E-state index in [1.54, 1.807) is 18.1 Å². The molecule has 0 spiro atoms. The molecule has 0 unspecified atom stereocenters. The van der Waals surface area contributed by atoms with Crippen LogP contribution in [-0.2, 0) is 9.31 Å². The molecule has 1 saturated heterocycles. The minimum Gasteiger partial charge on any atom is -0.478 e. The van der Waals surface area contributed by atoms with E-state index < -0.39 is 24.3 Å². The highest BCUT2D eigenvalue weighted by Gasteiger charge is 2.49. The van der Waals surface area contributed by atoms with Gasteiger partial charge in [-0.05, 0) is 46.2 Å². The minimum absolute atomic E-state index is 0.161. The molecule has 1 aliphatic rings. The van der Waals surface area contributed by atoms with E-state index in [1.807, 2.05) is 34.6 Å². The van der Waals surface area contributed by atoms with Crippen molar-refractivity contribution < 1.29 is 19.2 Å². The summed E-state index contributed by atoms with van der Waals surface area (Å²) in [5.74, 6) is 0.791. The van der Waals surface area contributed by atoms with Crippen molar-refractivity contribution in [3.63, 3.8) is 0 Å². The van der Waals surface area contributed by atoms with Gasteiger partial charge in [0.2, 0.25) is 0 Å². The summed E-state index contributed by atoms with van der Waals surface area (Å²) in [6.07, 6.45) is 3.14. The average molecular weight is 289 g/mol. The van der Waals surface area contributed by atoms with Crippen molar-refractivity contribution in [2.75, 3.05) is 0 Å². The normalized spacial score (nSPS) is 20.1. The van der Waals surface area contributed by atoms with Gasteiger partial charge in [-0.3, -0.25) is 4.98 Å². The van der Waals surface area contributed by atoms with E-state index in [1.165, 1.54) is 6.20 Å². The Morgan fingerprint density at radius 3 is 2.38 bits per heavy atom. The van der Waals surface area contributed by atoms with E-state index in [0.717, 1.165) is 11.3 Å². The first-order valence-electron chi connectivity index (χ1n) is 6.86. The first-order valence-corrected chi connectivity index (χ1v) is 6.86. The second-order valence-corrected chi connectivity index (χ2v) is 6.19. The molecule has 1 N–H and O–H groups in total. The summed E-state index contributed by atoms with van der Waals surface area (Å²) < 4.78 is 11.7. The molecule has 1 aromatic rings. The standard InChI is InChI=1S/C15H20BNO4/c1-10-11(8-12(9-17-10)13(18)19)6-7-16-20-14(2,3)15(4,5)21-16/h6-9H,1-5H3,(H,18,19)/b7-6+. The lowest BCUT2D eigenvalue weighted by Gasteiger charge is -2.32. The van der Waals surface area contributed by atoms with E-state index in [9.17, 15) is 4.79 Å². The zero-order valence-corrected chi connectivity index (χ0v) is 13.0. The fourth-order valence-corrected chi connectivity index (χ4v) is 1.99. The molecule has 5 nitrogen and oxygen atoms in total. The molecule has 1 fully saturated rings. The quantitative estimate of drug-likeness (QED) is 0.866. The third-order valence-electron chi connectivity index (χ3n) is 4.08. The fraction of sp³-hybridized carbons (Fsp3) is 0.467. The second kappa shape index (κ2) is 5.28. The highest BCUT2D eigenvalue weighted by molar-refractivity contribution is 6.52. The lowest BCUT2D eigenvalue weighted by molar-refractivity contribution is 0.00578. The average Bonchev–Trinajstić information content (AvgIpc) is 2.56. The van der Waals surface area contributed by atoms with E-state index in [0.29, 0.717) is 0 Å². The number of hydrogen-bond acceptors (Lipinski definition) is 4. The van der Waals surface area contributed by atoms with Crippen LogP contribution in [0.4, 0.5) is 0 Å². The van der Waals surface area contributed by atoms with Gasteiger partial charge >= 0.3 is 13.1 Å². The summed E-state index contributed by atoms with van der Waals surface area (Å²) in [7, 11) is -0.456. The van der Waals surface area contributed by atoms with Gasteiger partial charge in [0.1, 0.15) is 0 Å². The van der Waals surface area contributed by atoms with Crippen molar-refractivity contribution in [1.29, 1.82) is 0 Å². The molecular formula is C15H20BNO4. The highest BCUT2D eigenvalue weighted by atomic mass is 16.7. The largest absolute Gasteiger partial charge is 0.487 e. The van der Waals surface area contributed by atoms with Gasteiger partial charge in [0.25, 0.3) is 0 Å². The maximum Gasteiger partial charge on any atom is 0.487 e. The number of pyridine rings is 1. The van der Waals surface area contributed by atoms with E-state index in [2.05, 4.69) is 4.98 Å². The molecule has 0 saturated carbocycles. The van der Waals surface area contributed by atoms with Crippen molar-refractivity contribution in [3.05, 3.63) is 35.1 Å². The molecule has 0 aliphatic carbocycles. The number of carboxylic acid groups (broad SMARTS) is 1. The number of aryl methyl sites for hydroxylation is 1. The van der Waals surface area contributed by atoms with Gasteiger partial charge in [-0.2, -0.15) is 0 Å². The van der Waals surface area contributed by atoms with Gasteiger partial charge < -0.3 is 14.4 Å². The van der Waals surface area contributed by atoms with Gasteiger partial charge in [0.05, 0.1) is 16.8 Å². The van der Waals surface area contributed by atoms with Crippen molar-refractivity contribution in [3.8, 4) is 0 Å². The predicted octanol–water partition coefficient (Wildman–Crippen LogP) is 2.73. The summed E-state index contributed by atoms with van der Waals surface area (Å²) in [6, 6.07) is 1.59. The molecule has 0 bridgehead atoms. The Labute approximate surface area is 125 Å². The predicted molar refractivity (Wildman–Crippen MR) is 81.0 cm³/mol. The molecule has 21 heavy (non-hydrogen) atoms. The van der Waals surface area contributed by atoms with Crippen LogP contribution in [0.3, 0.4) is 0 Å². The summed E-state index contributed by atoms with van der Waals surface area (Å²) in [5, 5.41) is 9.00. The lowest BCUT2D eigenvalue weighted by Crippen LogP contribution is -2.41. The number of aromatic nitrogens is 1. The number of aromatic carboxylic acids is 1. The Bertz CT molecular complexity index is 579. The zero-order valence-electron chi connectivity index (χ0n) is 13.0. The molecule has 0 aromatic carbocycles. The third-order valence-corrected chi connectivity index (χ3v) is 4.08. The summed E-state index contributed by atoms with van der Waals surface area (Å²) in [4.78, 5) is 15.1. The third kappa shape index (κ3) is 3.17. The van der Waals surface area contributed by atoms with Gasteiger partial charge in [0, 0.05) is 11.9 Å². The van der Waals surface area contributed by atoms with Crippen LogP contribution in [0.25, 0.3) is 6.08 Å². The minimum atomic E-state index is -0.993. The van der Waals surface area contributed by atoms with Crippen molar-refractivity contribution >= 4 is 19.2 Å². The Balaban J connectivity index is 2.20. The zero-order chi connectivity index (χ0) is 15.8. The Kier molecular flexibility index (Phi) is 3.95. The molecule has 6 heteroatoms. The highest BCUT2D eigenvalue weighted by Crippen LogP contribution is 2.37. The first-order chi connectivity index (χ1) is 9.62. The van der Waals surface area contributed by atoms with Crippen LogP contribution in [0.15, 0.2) is 18.2 Å². The van der Waals surface area contributed by atoms with Crippen molar-refractivity contribution in [2.24, 2.45) is 0 Å². The van der Waals surface area contributed by atoms with Gasteiger partial charge in [-0.25, -0.2) is 4.79 Å². The Morgan fingerprint density at radius 1 is 1.29 bits per heavy atom. The molecule has 1 aliphatic heterocycles. The number of rotatable bonds is 3. The molecule has 112 valence electrons. The number of hydrogen-bond donors (Lipinski definition) is 1. The van der Waals surface area contributed by atoms with E-state index in [-0.39, 0.29) is 5.56 Å². The second-order valence-electron chi connectivity index (χ2n) is 6.19. The van der Waals surface area contributed by atoms with E-state index in [4.69, 9.17) is 14.4 Å². The molecule has 2 rings (SSSR count). The lowest BCUT2D eigenvalue weighted by atomic mass is 9.89. The van der Waals surface area contributed by atoms with Gasteiger partial charge in [0.15, 0.2) is 0 Å². The van der Waals surface area contributed by atoms with Crippen molar-refractivity contribution in [1.82, 2.24) is 4.98 Å². The molecular weight excluding hydrogens is 269 g/mol. The Hall–Kier alpha value is -1.66. The molecule has 0 atom stereocenters. The van der Waals surface area contributed by atoms with Crippen LogP contribution in [0.5, 0.6) is 0 Å². The number of carboxylic acids is 1. The first kappa shape index (κ1) is 15.7. The molecule has 0 amide bonds. The van der Waals surface area contributed by atoms with Crippen LogP contribution in [0.1, 0.15) is 49.3 Å². The molecule has 0 radical (unpaired) electrons. The summed E-state index contributed by atoms with van der Waals surface area (Å²) >= 11 is 0. The SMILES string of the molecule is Cc1ncc(C(=O)O)cc1/C=C/B1OC(C)(C)C(C)(C)O1. The monoisotopic (exact) mass is 289 g/mol. The van der Waals surface area contributed by atoms with Crippen LogP contribution in [-0.4, -0.2) is 34.4 Å². The van der Waals surface area contributed by atoms with Crippen molar-refractivity contribution in [2.45, 2.75) is 45.8 Å². The van der Waals surface area contributed by atoms with Crippen LogP contribution in [0.2, 0.25) is 0 Å². The van der Waals surface area contributed by atoms with Crippen LogP contribution < -0.4 is 0 Å². The topological polar surface area (TPSA) is 68.7 Å². The van der Waals surface area contributed by atoms with Crippen LogP contribution in [0, 0.1) is 6.92 Å². The summed E-state index contributed by atoms with van der Waals surface area (Å²) in [6.45, 7) is 9.77. The summed E-state index contributed by atoms with van der Waals surface area (Å²) in [5.41, 5.74) is 0.878. The fourth-order valence-electron chi connectivity index (χ4n) is 1.99.